The van der Waals surface area contributed by atoms with Gasteiger partial charge in [0.2, 0.25) is 0 Å². The van der Waals surface area contributed by atoms with Crippen molar-refractivity contribution in [3.05, 3.63) is 94.7 Å². The average Bonchev–Trinajstić information content (AvgIpc) is 3.79. The van der Waals surface area contributed by atoms with Crippen LogP contribution in [0.25, 0.3) is 16.9 Å². The Kier molecular flexibility index (Phi) is 12.9. The first-order valence-corrected chi connectivity index (χ1v) is 22.6. The molecule has 9 atom stereocenters. The minimum atomic E-state index is -6.02. The molecule has 5 N–H and O–H groups in total. The molecule has 2 saturated heterocycles. The van der Waals surface area contributed by atoms with Crippen LogP contribution in [0, 0.1) is 6.92 Å². The number of benzene rings is 2. The number of hydrogen-bond acceptors (Lipinski definition) is 15. The average molecular weight is 852 g/mol. The Labute approximate surface area is 312 Å². The maximum Gasteiger partial charge on any atom is 0.490 e. The quantitative estimate of drug-likeness (QED) is 0.0543. The van der Waals surface area contributed by atoms with Gasteiger partial charge in [-0.15, -0.1) is 0 Å². The molecule has 2 aliphatic heterocycles. The van der Waals surface area contributed by atoms with Crippen molar-refractivity contribution < 1.29 is 79.3 Å². The second-order valence-corrected chi connectivity index (χ2v) is 19.1. The summed E-state index contributed by atoms with van der Waals surface area (Å²) in [7, 11) is -22.5. The summed E-state index contributed by atoms with van der Waals surface area (Å²) in [5.74, 6) is 0. The van der Waals surface area contributed by atoms with Crippen molar-refractivity contribution in [1.82, 2.24) is 14.0 Å². The van der Waals surface area contributed by atoms with Crippen LogP contribution in [0.2, 0.25) is 0 Å². The molecular formula is C30H37N3O18P4. The van der Waals surface area contributed by atoms with Gasteiger partial charge in [-0.2, -0.15) is 8.62 Å². The third-order valence-electron chi connectivity index (χ3n) is 8.15. The van der Waals surface area contributed by atoms with Crippen LogP contribution in [0.1, 0.15) is 23.8 Å². The van der Waals surface area contributed by atoms with Crippen molar-refractivity contribution in [3.63, 3.8) is 0 Å². The van der Waals surface area contributed by atoms with E-state index in [1.807, 2.05) is 61.5 Å². The second-order valence-electron chi connectivity index (χ2n) is 12.3. The first-order valence-electron chi connectivity index (χ1n) is 16.4. The monoisotopic (exact) mass is 851 g/mol. The zero-order valence-electron chi connectivity index (χ0n) is 28.7. The Hall–Kier alpha value is -2.74. The molecular weight excluding hydrogens is 814 g/mol. The van der Waals surface area contributed by atoms with Crippen LogP contribution in [0.15, 0.2) is 77.9 Å². The van der Waals surface area contributed by atoms with Crippen LogP contribution in [0.3, 0.4) is 0 Å². The molecule has 0 radical (unpaired) electrons. The lowest BCUT2D eigenvalue weighted by molar-refractivity contribution is -0.150. The fraction of sp³-hybridized carbons (Fsp3) is 0.400. The van der Waals surface area contributed by atoms with E-state index in [9.17, 15) is 42.6 Å². The maximum absolute atomic E-state index is 13.8. The predicted octanol–water partition coefficient (Wildman–Crippen LogP) is 3.63. The zero-order valence-corrected chi connectivity index (χ0v) is 32.3. The summed E-state index contributed by atoms with van der Waals surface area (Å²) in [4.78, 5) is 58.3. The van der Waals surface area contributed by atoms with Crippen molar-refractivity contribution in [2.75, 3.05) is 26.2 Å². The number of rotatable bonds is 18. The molecule has 2 aromatic carbocycles. The molecule has 4 heterocycles. The fourth-order valence-electron chi connectivity index (χ4n) is 5.91. The van der Waals surface area contributed by atoms with Crippen LogP contribution >= 0.6 is 31.1 Å². The van der Waals surface area contributed by atoms with Gasteiger partial charge in [0.25, 0.3) is 0 Å². The molecule has 0 spiro atoms. The summed E-state index contributed by atoms with van der Waals surface area (Å²) in [5, 5.41) is 8.59. The van der Waals surface area contributed by atoms with Gasteiger partial charge in [0, 0.05) is 24.4 Å². The van der Waals surface area contributed by atoms with E-state index >= 15 is 0 Å². The number of aliphatic hydroxyl groups excluding tert-OH is 1. The van der Waals surface area contributed by atoms with Gasteiger partial charge in [-0.3, -0.25) is 18.1 Å². The van der Waals surface area contributed by atoms with Gasteiger partial charge in [-0.05, 0) is 31.0 Å². The van der Waals surface area contributed by atoms with E-state index < -0.39 is 87.1 Å². The van der Waals surface area contributed by atoms with Gasteiger partial charge in [0.05, 0.1) is 25.1 Å². The minimum absolute atomic E-state index is 0.239. The Bertz CT molecular complexity index is 2240. The summed E-state index contributed by atoms with van der Waals surface area (Å²) >= 11 is 0. The first-order chi connectivity index (χ1) is 25.9. The minimum Gasteiger partial charge on any atom is -0.371 e. The highest BCUT2D eigenvalue weighted by Gasteiger charge is 2.55. The molecule has 21 nitrogen and oxygen atoms in total. The standard InChI is InChI=1S/C30H37N3O18P4/c1-20-7-5-10-22(15-20)23-17-33-25(31-23)11-12-32(30(33)35)29-28-27(47-26(48-28)16-21-8-3-2-4-9-21)24(46-29)18-45-53(38,39)50-55(42,43)51-54(40,41)49-52(36,37)14-6-13-44-19-34/h2-5,7-12,15,17,24,26-29,34H,6,13-14,16,18-19H2,1H3,(H,36,37)(H,38,39)(H,40,41)(H,42,43)/t24-,26?,27?,28+,29-/m1/s1. The molecule has 55 heavy (non-hydrogen) atoms. The van der Waals surface area contributed by atoms with E-state index in [0.29, 0.717) is 11.3 Å². The van der Waals surface area contributed by atoms with E-state index in [-0.39, 0.29) is 19.4 Å². The van der Waals surface area contributed by atoms with Crippen LogP contribution in [0.5, 0.6) is 0 Å². The molecule has 25 heteroatoms. The van der Waals surface area contributed by atoms with E-state index in [1.165, 1.54) is 15.2 Å². The van der Waals surface area contributed by atoms with E-state index in [4.69, 9.17) is 23.8 Å². The number of imidazole rings is 1. The van der Waals surface area contributed by atoms with E-state index in [2.05, 4.69) is 22.7 Å². The lowest BCUT2D eigenvalue weighted by Gasteiger charge is -2.23. The largest absolute Gasteiger partial charge is 0.490 e. The van der Waals surface area contributed by atoms with Crippen LogP contribution in [-0.2, 0) is 61.1 Å². The number of hydrogen-bond donors (Lipinski definition) is 5. The fourth-order valence-corrected chi connectivity index (χ4v) is 11.4. The maximum atomic E-state index is 13.8. The van der Waals surface area contributed by atoms with Crippen molar-refractivity contribution in [1.29, 1.82) is 0 Å². The molecule has 6 unspecified atom stereocenters. The highest BCUT2D eigenvalue weighted by Crippen LogP contribution is 2.71. The third-order valence-corrected chi connectivity index (χ3v) is 14.7. The molecule has 6 rings (SSSR count). The van der Waals surface area contributed by atoms with Crippen molar-refractivity contribution in [2.45, 2.75) is 50.6 Å². The van der Waals surface area contributed by atoms with Crippen molar-refractivity contribution >= 4 is 36.7 Å². The highest BCUT2D eigenvalue weighted by molar-refractivity contribution is 7.70. The number of aliphatic hydroxyl groups is 1. The second kappa shape index (κ2) is 17.0. The molecule has 2 aliphatic rings. The van der Waals surface area contributed by atoms with Gasteiger partial charge in [0.15, 0.2) is 12.5 Å². The lowest BCUT2D eigenvalue weighted by atomic mass is 10.1. The highest BCUT2D eigenvalue weighted by atomic mass is 31.3. The van der Waals surface area contributed by atoms with E-state index in [0.717, 1.165) is 16.7 Å². The molecule has 2 fully saturated rings. The molecule has 4 aromatic rings. The number of ether oxygens (including phenoxy) is 4. The Morgan fingerprint density at radius 3 is 2.29 bits per heavy atom. The number of fused-ring (bicyclic) bond motifs is 2. The summed E-state index contributed by atoms with van der Waals surface area (Å²) < 4.78 is 92.2. The molecule has 0 bridgehead atoms. The molecule has 300 valence electrons. The predicted molar refractivity (Wildman–Crippen MR) is 188 cm³/mol. The van der Waals surface area contributed by atoms with Crippen molar-refractivity contribution in [2.24, 2.45) is 0 Å². The number of aromatic nitrogens is 3. The molecule has 2 aromatic heterocycles. The van der Waals surface area contributed by atoms with Gasteiger partial charge < -0.3 is 43.6 Å². The van der Waals surface area contributed by atoms with Crippen LogP contribution in [-0.4, -0.2) is 89.4 Å². The van der Waals surface area contributed by atoms with Gasteiger partial charge in [-0.1, -0.05) is 54.1 Å². The molecule has 0 aliphatic carbocycles. The Morgan fingerprint density at radius 2 is 1.56 bits per heavy atom. The first kappa shape index (κ1) is 41.9. The van der Waals surface area contributed by atoms with Gasteiger partial charge in [-0.25, -0.2) is 27.8 Å². The van der Waals surface area contributed by atoms with Gasteiger partial charge >= 0.3 is 36.8 Å². The van der Waals surface area contributed by atoms with Crippen molar-refractivity contribution in [3.8, 4) is 11.3 Å². The third kappa shape index (κ3) is 10.8. The Balaban J connectivity index is 1.17. The zero-order chi connectivity index (χ0) is 39.6. The van der Waals surface area contributed by atoms with E-state index in [1.54, 1.807) is 12.3 Å². The molecule has 0 amide bonds. The SMILES string of the molecule is Cc1cccc(-c2cn3c(=O)n([C@@H]4O[C@H](COP(=O)(O)OP(=O)(O)OP(=O)(O)OP(=O)(O)CCCOCO)C5OC(Cc6ccccc6)O[C@@H]54)ccc3n2)c1. The number of aryl methyl sites for hydroxylation is 1. The van der Waals surface area contributed by atoms with Crippen LogP contribution in [0.4, 0.5) is 0 Å². The smallest absolute Gasteiger partial charge is 0.371 e. The van der Waals surface area contributed by atoms with Gasteiger partial charge in [0.1, 0.15) is 30.8 Å². The van der Waals surface area contributed by atoms with Crippen LogP contribution < -0.4 is 5.69 Å². The number of phosphoric ester groups is 1. The Morgan fingerprint density at radius 1 is 0.855 bits per heavy atom. The summed E-state index contributed by atoms with van der Waals surface area (Å²) in [5.41, 5.74) is 2.96. The number of nitrogens with zero attached hydrogens (tertiary/aromatic N) is 3. The topological polar surface area (TPSA) is 283 Å². The summed E-state index contributed by atoms with van der Waals surface area (Å²) in [6.07, 6.45) is -3.08. The summed E-state index contributed by atoms with van der Waals surface area (Å²) in [6.45, 7) is 0.115. The normalized spacial score (nSPS) is 25.5. The molecule has 0 saturated carbocycles. The lowest BCUT2D eigenvalue weighted by Crippen LogP contribution is -2.35. The number of phosphoric acid groups is 3. The summed E-state index contributed by atoms with van der Waals surface area (Å²) in [6, 6.07) is 18.3.